The van der Waals surface area contributed by atoms with Crippen LogP contribution in [0.25, 0.3) is 10.9 Å². The van der Waals surface area contributed by atoms with Gasteiger partial charge in [-0.1, -0.05) is 38.1 Å². The highest BCUT2D eigenvalue weighted by atomic mass is 32.2. The minimum Gasteiger partial charge on any atom is -0.451 e. The van der Waals surface area contributed by atoms with Gasteiger partial charge in [0.05, 0.1) is 4.90 Å². The lowest BCUT2D eigenvalue weighted by Crippen LogP contribution is -2.30. The van der Waals surface area contributed by atoms with Gasteiger partial charge in [0.2, 0.25) is 10.0 Å². The maximum atomic E-state index is 12.6. The second-order valence-corrected chi connectivity index (χ2v) is 8.45. The molecule has 0 atom stereocenters. The first-order chi connectivity index (χ1) is 14.3. The van der Waals surface area contributed by atoms with E-state index in [-0.39, 0.29) is 10.6 Å². The zero-order valence-corrected chi connectivity index (χ0v) is 17.5. The number of para-hydroxylation sites is 1. The number of fused-ring (bicyclic) bond motifs is 1. The number of hydrogen-bond donors (Lipinski definition) is 2. The predicted octanol–water partition coefficient (Wildman–Crippen LogP) is 2.99. The van der Waals surface area contributed by atoms with Gasteiger partial charge in [-0.3, -0.25) is 4.79 Å². The molecule has 1 heterocycles. The van der Waals surface area contributed by atoms with Crippen molar-refractivity contribution >= 4 is 38.5 Å². The topological polar surface area (TPSA) is 109 Å². The monoisotopic (exact) mass is 429 g/mol. The molecular weight excluding hydrogens is 406 g/mol. The summed E-state index contributed by atoms with van der Waals surface area (Å²) in [6, 6.07) is 15.0. The largest absolute Gasteiger partial charge is 0.451 e. The highest BCUT2D eigenvalue weighted by Gasteiger charge is 2.22. The summed E-state index contributed by atoms with van der Waals surface area (Å²) in [5, 5.41) is 3.41. The number of amides is 1. The third-order valence-corrected chi connectivity index (χ3v) is 6.59. The third kappa shape index (κ3) is 4.69. The minimum atomic E-state index is -3.64. The van der Waals surface area contributed by atoms with Crippen LogP contribution in [-0.4, -0.2) is 49.3 Å². The molecule has 158 valence electrons. The van der Waals surface area contributed by atoms with Crippen molar-refractivity contribution in [2.45, 2.75) is 18.7 Å². The van der Waals surface area contributed by atoms with Crippen molar-refractivity contribution in [3.8, 4) is 0 Å². The molecular formula is C21H23N3O5S. The van der Waals surface area contributed by atoms with Crippen molar-refractivity contribution in [2.75, 3.05) is 25.0 Å². The number of nitrogens with one attached hydrogen (secondary N) is 2. The molecule has 0 aliphatic heterocycles. The normalized spacial score (nSPS) is 11.6. The number of carbonyl (C=O) groups excluding carboxylic acids is 2. The standard InChI is InChI=1S/C21H23N3O5S/c1-3-24(4-2)30(27,28)17-10-7-9-16(13-17)22-20(25)14-29-21(26)19-12-15-8-5-6-11-18(15)23-19/h5-13,23H,3-4,14H2,1-2H3,(H,22,25). The molecule has 8 nitrogen and oxygen atoms in total. The fourth-order valence-electron chi connectivity index (χ4n) is 3.04. The van der Waals surface area contributed by atoms with Crippen molar-refractivity contribution < 1.29 is 22.7 Å². The predicted molar refractivity (Wildman–Crippen MR) is 114 cm³/mol. The molecule has 0 aliphatic rings. The van der Waals surface area contributed by atoms with Gasteiger partial charge in [-0.2, -0.15) is 4.31 Å². The number of sulfonamides is 1. The fourth-order valence-corrected chi connectivity index (χ4v) is 4.54. The highest BCUT2D eigenvalue weighted by molar-refractivity contribution is 7.89. The molecule has 3 rings (SSSR count). The number of hydrogen-bond acceptors (Lipinski definition) is 5. The summed E-state index contributed by atoms with van der Waals surface area (Å²) in [5.74, 6) is -1.23. The van der Waals surface area contributed by atoms with E-state index in [4.69, 9.17) is 4.74 Å². The Morgan fingerprint density at radius 3 is 2.47 bits per heavy atom. The van der Waals surface area contributed by atoms with Crippen LogP contribution < -0.4 is 5.32 Å². The lowest BCUT2D eigenvalue weighted by atomic mass is 10.2. The number of carbonyl (C=O) groups is 2. The number of aromatic amines is 1. The summed E-state index contributed by atoms with van der Waals surface area (Å²) >= 11 is 0. The number of aromatic nitrogens is 1. The summed E-state index contributed by atoms with van der Waals surface area (Å²) in [7, 11) is -3.64. The molecule has 0 saturated heterocycles. The van der Waals surface area contributed by atoms with Crippen molar-refractivity contribution in [1.29, 1.82) is 0 Å². The highest BCUT2D eigenvalue weighted by Crippen LogP contribution is 2.20. The molecule has 1 aromatic heterocycles. The van der Waals surface area contributed by atoms with Crippen LogP contribution in [0, 0.1) is 0 Å². The van der Waals surface area contributed by atoms with E-state index in [1.165, 1.54) is 16.4 Å². The van der Waals surface area contributed by atoms with Crippen LogP contribution in [0.3, 0.4) is 0 Å². The first-order valence-electron chi connectivity index (χ1n) is 9.50. The number of anilines is 1. The van der Waals surface area contributed by atoms with Crippen LogP contribution in [0.2, 0.25) is 0 Å². The Morgan fingerprint density at radius 1 is 1.03 bits per heavy atom. The van der Waals surface area contributed by atoms with Crippen LogP contribution in [0.1, 0.15) is 24.3 Å². The molecule has 1 amide bonds. The molecule has 0 saturated carbocycles. The molecule has 0 aliphatic carbocycles. The fraction of sp³-hybridized carbons (Fsp3) is 0.238. The van der Waals surface area contributed by atoms with E-state index in [1.54, 1.807) is 32.0 Å². The van der Waals surface area contributed by atoms with Crippen LogP contribution in [-0.2, 0) is 19.6 Å². The van der Waals surface area contributed by atoms with E-state index in [2.05, 4.69) is 10.3 Å². The summed E-state index contributed by atoms with van der Waals surface area (Å²) in [4.78, 5) is 27.4. The quantitative estimate of drug-likeness (QED) is 0.535. The second kappa shape index (κ2) is 9.10. The number of H-pyrrole nitrogens is 1. The van der Waals surface area contributed by atoms with E-state index in [9.17, 15) is 18.0 Å². The number of ether oxygens (including phenoxy) is 1. The SMILES string of the molecule is CCN(CC)S(=O)(=O)c1cccc(NC(=O)COC(=O)c2cc3ccccc3[nH]2)c1. The Labute approximate surface area is 174 Å². The van der Waals surface area contributed by atoms with Gasteiger partial charge < -0.3 is 15.0 Å². The van der Waals surface area contributed by atoms with Crippen molar-refractivity contribution in [3.05, 3.63) is 60.3 Å². The van der Waals surface area contributed by atoms with Crippen molar-refractivity contribution in [1.82, 2.24) is 9.29 Å². The molecule has 2 N–H and O–H groups in total. The van der Waals surface area contributed by atoms with Gasteiger partial charge in [0, 0.05) is 29.7 Å². The van der Waals surface area contributed by atoms with Crippen LogP contribution in [0.15, 0.2) is 59.5 Å². The molecule has 0 unspecified atom stereocenters. The molecule has 9 heteroatoms. The van der Waals surface area contributed by atoms with Gasteiger partial charge in [0.25, 0.3) is 5.91 Å². The van der Waals surface area contributed by atoms with E-state index in [0.717, 1.165) is 10.9 Å². The van der Waals surface area contributed by atoms with Gasteiger partial charge >= 0.3 is 5.97 Å². The Bertz CT molecular complexity index is 1130. The summed E-state index contributed by atoms with van der Waals surface area (Å²) in [5.41, 5.74) is 1.34. The van der Waals surface area contributed by atoms with Gasteiger partial charge in [0.1, 0.15) is 5.69 Å². The minimum absolute atomic E-state index is 0.0825. The van der Waals surface area contributed by atoms with Crippen LogP contribution in [0.4, 0.5) is 5.69 Å². The van der Waals surface area contributed by atoms with Gasteiger partial charge in [-0.05, 0) is 30.3 Å². The van der Waals surface area contributed by atoms with Gasteiger partial charge in [-0.15, -0.1) is 0 Å². The maximum Gasteiger partial charge on any atom is 0.355 e. The van der Waals surface area contributed by atoms with Gasteiger partial charge in [0.15, 0.2) is 6.61 Å². The van der Waals surface area contributed by atoms with Crippen molar-refractivity contribution in [2.24, 2.45) is 0 Å². The Hall–Kier alpha value is -3.17. The molecule has 0 bridgehead atoms. The average molecular weight is 429 g/mol. The first-order valence-corrected chi connectivity index (χ1v) is 10.9. The lowest BCUT2D eigenvalue weighted by Gasteiger charge is -2.18. The van der Waals surface area contributed by atoms with Crippen LogP contribution in [0.5, 0.6) is 0 Å². The third-order valence-electron chi connectivity index (χ3n) is 4.55. The van der Waals surface area contributed by atoms with E-state index >= 15 is 0 Å². The number of esters is 1. The van der Waals surface area contributed by atoms with E-state index in [0.29, 0.717) is 18.8 Å². The summed E-state index contributed by atoms with van der Waals surface area (Å²) in [6.07, 6.45) is 0. The Morgan fingerprint density at radius 2 is 1.77 bits per heavy atom. The number of rotatable bonds is 8. The Kier molecular flexibility index (Phi) is 6.53. The molecule has 0 fully saturated rings. The molecule has 30 heavy (non-hydrogen) atoms. The van der Waals surface area contributed by atoms with E-state index < -0.39 is 28.5 Å². The zero-order valence-electron chi connectivity index (χ0n) is 16.7. The molecule has 3 aromatic rings. The van der Waals surface area contributed by atoms with E-state index in [1.807, 2.05) is 24.3 Å². The maximum absolute atomic E-state index is 12.6. The number of benzene rings is 2. The van der Waals surface area contributed by atoms with Gasteiger partial charge in [-0.25, -0.2) is 13.2 Å². The Balaban J connectivity index is 1.63. The van der Waals surface area contributed by atoms with Crippen molar-refractivity contribution in [3.63, 3.8) is 0 Å². The smallest absolute Gasteiger partial charge is 0.355 e. The molecule has 0 radical (unpaired) electrons. The average Bonchev–Trinajstić information content (AvgIpc) is 3.17. The number of nitrogens with zero attached hydrogens (tertiary/aromatic N) is 1. The summed E-state index contributed by atoms with van der Waals surface area (Å²) < 4.78 is 31.6. The second-order valence-electron chi connectivity index (χ2n) is 6.51. The first kappa shape index (κ1) is 21.5. The molecule has 2 aromatic carbocycles. The lowest BCUT2D eigenvalue weighted by molar-refractivity contribution is -0.119. The summed E-state index contributed by atoms with van der Waals surface area (Å²) in [6.45, 7) is 3.71. The van der Waals surface area contributed by atoms with Crippen LogP contribution >= 0.6 is 0 Å². The molecule has 0 spiro atoms. The zero-order chi connectivity index (χ0) is 21.7.